The zero-order valence-corrected chi connectivity index (χ0v) is 31.1. The molecule has 55 heavy (non-hydrogen) atoms. The molecule has 1 aromatic heterocycles. The van der Waals surface area contributed by atoms with E-state index in [1.807, 2.05) is 18.2 Å². The Balaban J connectivity index is 0.724. The monoisotopic (exact) mass is 742 g/mol. The van der Waals surface area contributed by atoms with Crippen molar-refractivity contribution in [2.24, 2.45) is 5.92 Å². The molecule has 5 aliphatic heterocycles. The number of rotatable bonds is 7. The van der Waals surface area contributed by atoms with Crippen molar-refractivity contribution in [2.45, 2.75) is 57.0 Å². The Labute approximate surface area is 320 Å². The molecule has 11 nitrogen and oxygen atoms in total. The SMILES string of the molecule is N#Cc1c[nH]c2c(N3CCC(c4ccc(N5CCN(CC6CCN(c7ccc8c(c7)CN(C7CCC(=O)NC7=O)C8=O)CC6)CC5)cc4)CC3)ccc(F)c12. The van der Waals surface area contributed by atoms with E-state index in [-0.39, 0.29) is 30.0 Å². The van der Waals surface area contributed by atoms with Crippen molar-refractivity contribution in [1.82, 2.24) is 20.1 Å². The fourth-order valence-electron chi connectivity index (χ4n) is 9.64. The van der Waals surface area contributed by atoms with Crippen molar-refractivity contribution < 1.29 is 18.8 Å². The summed E-state index contributed by atoms with van der Waals surface area (Å²) in [6, 6.07) is 20.1. The maximum absolute atomic E-state index is 14.5. The van der Waals surface area contributed by atoms with Crippen LogP contribution in [0.1, 0.15) is 71.5 Å². The first-order valence-corrected chi connectivity index (χ1v) is 19.9. The lowest BCUT2D eigenvalue weighted by atomic mass is 9.89. The summed E-state index contributed by atoms with van der Waals surface area (Å²) in [4.78, 5) is 51.8. The van der Waals surface area contributed by atoms with E-state index in [0.717, 1.165) is 102 Å². The minimum Gasteiger partial charge on any atom is -0.372 e. The Morgan fingerprint density at radius 3 is 2.22 bits per heavy atom. The number of carbonyl (C=O) groups excluding carboxylic acids is 3. The van der Waals surface area contributed by atoms with E-state index < -0.39 is 6.04 Å². The van der Waals surface area contributed by atoms with Crippen LogP contribution in [0.15, 0.2) is 60.8 Å². The highest BCUT2D eigenvalue weighted by atomic mass is 19.1. The Morgan fingerprint density at radius 2 is 1.49 bits per heavy atom. The number of piperazine rings is 1. The van der Waals surface area contributed by atoms with E-state index in [1.165, 1.54) is 17.3 Å². The molecule has 0 aliphatic carbocycles. The number of anilines is 3. The Hall–Kier alpha value is -5.41. The number of amides is 3. The second kappa shape index (κ2) is 14.7. The second-order valence-corrected chi connectivity index (χ2v) is 15.9. The third kappa shape index (κ3) is 6.79. The molecule has 0 radical (unpaired) electrons. The topological polar surface area (TPSA) is 119 Å². The zero-order chi connectivity index (χ0) is 37.6. The van der Waals surface area contributed by atoms with Crippen molar-refractivity contribution in [1.29, 1.82) is 5.26 Å². The molecule has 0 bridgehead atoms. The minimum atomic E-state index is -0.588. The number of fused-ring (bicyclic) bond motifs is 2. The number of H-pyrrole nitrogens is 1. The van der Waals surface area contributed by atoms with Gasteiger partial charge in [0.2, 0.25) is 11.8 Å². The summed E-state index contributed by atoms with van der Waals surface area (Å²) < 4.78 is 14.5. The van der Waals surface area contributed by atoms with E-state index in [2.05, 4.69) is 66.3 Å². The van der Waals surface area contributed by atoms with E-state index in [0.29, 0.717) is 46.8 Å². The largest absolute Gasteiger partial charge is 0.372 e. The minimum absolute atomic E-state index is 0.125. The number of hydrogen-bond donors (Lipinski definition) is 2. The Bertz CT molecular complexity index is 2150. The standard InChI is InChI=1S/C43H47FN8O3/c44-36-7-8-37(41-40(36)32(24-45)25-46-41)51-17-13-30(14-18-51)29-1-3-33(4-2-29)50-21-19-48(20-22-50)26-28-11-15-49(16-12-28)34-5-6-35-31(23-34)27-52(43(35)55)38-9-10-39(53)47-42(38)54/h1-8,23,25,28,30,38,46H,9-22,26-27H2,(H,47,53,54). The summed E-state index contributed by atoms with van der Waals surface area (Å²) in [6.45, 7) is 9.48. The fraction of sp³-hybridized carbons (Fsp3) is 0.442. The van der Waals surface area contributed by atoms with Crippen LogP contribution in [0.4, 0.5) is 21.5 Å². The van der Waals surface area contributed by atoms with Gasteiger partial charge in [-0.3, -0.25) is 24.6 Å². The first-order chi connectivity index (χ1) is 26.8. The molecule has 9 rings (SSSR count). The van der Waals surface area contributed by atoms with E-state index in [1.54, 1.807) is 11.1 Å². The molecule has 3 amide bonds. The summed E-state index contributed by atoms with van der Waals surface area (Å²) in [7, 11) is 0. The first kappa shape index (κ1) is 35.3. The van der Waals surface area contributed by atoms with Gasteiger partial charge >= 0.3 is 0 Å². The van der Waals surface area contributed by atoms with Gasteiger partial charge < -0.3 is 24.6 Å². The normalized spacial score (nSPS) is 21.7. The quantitative estimate of drug-likeness (QED) is 0.243. The molecule has 4 fully saturated rings. The number of nitrogens with one attached hydrogen (secondary N) is 2. The van der Waals surface area contributed by atoms with E-state index >= 15 is 0 Å². The van der Waals surface area contributed by atoms with Crippen molar-refractivity contribution in [2.75, 3.05) is 73.6 Å². The zero-order valence-electron chi connectivity index (χ0n) is 31.1. The number of hydrogen-bond acceptors (Lipinski definition) is 8. The fourth-order valence-corrected chi connectivity index (χ4v) is 9.64. The van der Waals surface area contributed by atoms with Crippen LogP contribution in [0.25, 0.3) is 10.9 Å². The number of carbonyl (C=O) groups is 3. The summed E-state index contributed by atoms with van der Waals surface area (Å²) in [5.74, 6) is 0.0296. The first-order valence-electron chi connectivity index (χ1n) is 19.9. The van der Waals surface area contributed by atoms with Crippen LogP contribution in [-0.2, 0) is 16.1 Å². The van der Waals surface area contributed by atoms with Gasteiger partial charge in [-0.15, -0.1) is 0 Å². The number of benzene rings is 3. The van der Waals surface area contributed by atoms with E-state index in [4.69, 9.17) is 0 Å². The molecule has 3 aromatic carbocycles. The third-order valence-corrected chi connectivity index (χ3v) is 12.8. The molecule has 0 saturated carbocycles. The highest BCUT2D eigenvalue weighted by Crippen LogP contribution is 2.37. The van der Waals surface area contributed by atoms with Gasteiger partial charge in [-0.05, 0) is 97.5 Å². The number of imide groups is 1. The number of halogens is 1. The van der Waals surface area contributed by atoms with Gasteiger partial charge in [0, 0.05) is 95.0 Å². The van der Waals surface area contributed by atoms with Crippen LogP contribution in [0.3, 0.4) is 0 Å². The van der Waals surface area contributed by atoms with Crippen molar-refractivity contribution >= 4 is 45.7 Å². The number of aromatic nitrogens is 1. The molecule has 284 valence electrons. The Morgan fingerprint density at radius 1 is 0.782 bits per heavy atom. The summed E-state index contributed by atoms with van der Waals surface area (Å²) in [5, 5.41) is 12.2. The average molecular weight is 743 g/mol. The van der Waals surface area contributed by atoms with Gasteiger partial charge in [-0.1, -0.05) is 12.1 Å². The molecule has 1 atom stereocenters. The molecule has 4 aromatic rings. The second-order valence-electron chi connectivity index (χ2n) is 15.9. The smallest absolute Gasteiger partial charge is 0.255 e. The molecule has 12 heteroatoms. The number of aromatic amines is 1. The maximum atomic E-state index is 14.5. The van der Waals surface area contributed by atoms with E-state index in [9.17, 15) is 24.0 Å². The molecule has 4 saturated heterocycles. The lowest BCUT2D eigenvalue weighted by Crippen LogP contribution is -2.52. The maximum Gasteiger partial charge on any atom is 0.255 e. The molecule has 1 unspecified atom stereocenters. The van der Waals surface area contributed by atoms with Crippen LogP contribution in [0.2, 0.25) is 0 Å². The predicted molar refractivity (Wildman–Crippen MR) is 210 cm³/mol. The molecule has 2 N–H and O–H groups in total. The lowest BCUT2D eigenvalue weighted by molar-refractivity contribution is -0.136. The summed E-state index contributed by atoms with van der Waals surface area (Å²) in [5.41, 5.74) is 7.45. The molecular weight excluding hydrogens is 696 g/mol. The highest BCUT2D eigenvalue weighted by Gasteiger charge is 2.39. The summed E-state index contributed by atoms with van der Waals surface area (Å²) >= 11 is 0. The molecule has 0 spiro atoms. The van der Waals surface area contributed by atoms with Gasteiger partial charge in [0.15, 0.2) is 0 Å². The van der Waals surface area contributed by atoms with Gasteiger partial charge in [0.25, 0.3) is 5.91 Å². The number of nitriles is 1. The third-order valence-electron chi connectivity index (χ3n) is 12.8. The average Bonchev–Trinajstić information content (AvgIpc) is 3.80. The van der Waals surface area contributed by atoms with Crippen molar-refractivity contribution in [3.63, 3.8) is 0 Å². The van der Waals surface area contributed by atoms with Crippen LogP contribution >= 0.6 is 0 Å². The van der Waals surface area contributed by atoms with Crippen LogP contribution < -0.4 is 20.0 Å². The Kier molecular flexibility index (Phi) is 9.42. The molecule has 5 aliphatic rings. The number of piperidine rings is 3. The number of nitrogens with zero attached hydrogens (tertiary/aromatic N) is 6. The van der Waals surface area contributed by atoms with Gasteiger partial charge in [0.05, 0.1) is 22.2 Å². The predicted octanol–water partition coefficient (Wildman–Crippen LogP) is 5.36. The van der Waals surface area contributed by atoms with Crippen LogP contribution in [-0.4, -0.2) is 97.4 Å². The van der Waals surface area contributed by atoms with Crippen LogP contribution in [0.5, 0.6) is 0 Å². The van der Waals surface area contributed by atoms with Crippen molar-refractivity contribution in [3.8, 4) is 6.07 Å². The highest BCUT2D eigenvalue weighted by molar-refractivity contribution is 6.05. The van der Waals surface area contributed by atoms with Gasteiger partial charge in [-0.25, -0.2) is 4.39 Å². The molecular formula is C43H47FN8O3. The van der Waals surface area contributed by atoms with Crippen molar-refractivity contribution in [3.05, 3.63) is 88.9 Å². The molecule has 6 heterocycles. The van der Waals surface area contributed by atoms with Crippen LogP contribution in [0, 0.1) is 23.1 Å². The van der Waals surface area contributed by atoms with Gasteiger partial charge in [-0.2, -0.15) is 5.26 Å². The lowest BCUT2D eigenvalue weighted by Gasteiger charge is -2.40. The summed E-state index contributed by atoms with van der Waals surface area (Å²) in [6.07, 6.45) is 6.57. The van der Waals surface area contributed by atoms with Gasteiger partial charge in [0.1, 0.15) is 17.9 Å².